The summed E-state index contributed by atoms with van der Waals surface area (Å²) >= 11 is 0. The SMILES string of the molecule is Cc1cc(C)c(NC(=O)Nc2cc(-c3ccc(CO)cc3)ccc2C(=O)N(CC(=O)O)C2CCCCC2)c(C)c1. The van der Waals surface area contributed by atoms with Crippen LogP contribution in [0.15, 0.2) is 54.6 Å². The molecule has 4 rings (SSSR count). The van der Waals surface area contributed by atoms with Crippen LogP contribution in [0.2, 0.25) is 0 Å². The van der Waals surface area contributed by atoms with E-state index in [0.717, 1.165) is 65.5 Å². The average molecular weight is 544 g/mol. The molecule has 8 heteroatoms. The predicted molar refractivity (Wildman–Crippen MR) is 157 cm³/mol. The van der Waals surface area contributed by atoms with Crippen molar-refractivity contribution in [1.82, 2.24) is 4.90 Å². The van der Waals surface area contributed by atoms with Crippen LogP contribution in [0.5, 0.6) is 0 Å². The zero-order valence-electron chi connectivity index (χ0n) is 23.3. The molecule has 0 saturated heterocycles. The van der Waals surface area contributed by atoms with Crippen LogP contribution in [0.4, 0.5) is 16.2 Å². The molecule has 0 aliphatic heterocycles. The van der Waals surface area contributed by atoms with E-state index in [4.69, 9.17) is 0 Å². The normalized spacial score (nSPS) is 13.5. The molecule has 1 fully saturated rings. The number of nitrogens with one attached hydrogen (secondary N) is 2. The van der Waals surface area contributed by atoms with Gasteiger partial charge in [-0.1, -0.05) is 67.3 Å². The van der Waals surface area contributed by atoms with Crippen molar-refractivity contribution in [3.8, 4) is 11.1 Å². The fourth-order valence-electron chi connectivity index (χ4n) is 5.52. The molecule has 0 heterocycles. The molecular weight excluding hydrogens is 506 g/mol. The Kier molecular flexibility index (Phi) is 9.22. The van der Waals surface area contributed by atoms with E-state index in [9.17, 15) is 24.6 Å². The molecule has 8 nitrogen and oxygen atoms in total. The number of aryl methyl sites for hydroxylation is 3. The average Bonchev–Trinajstić information content (AvgIpc) is 2.93. The molecule has 3 aromatic carbocycles. The van der Waals surface area contributed by atoms with E-state index in [2.05, 4.69) is 10.6 Å². The highest BCUT2D eigenvalue weighted by atomic mass is 16.4. The third-order valence-electron chi connectivity index (χ3n) is 7.47. The van der Waals surface area contributed by atoms with Gasteiger partial charge < -0.3 is 25.7 Å². The summed E-state index contributed by atoms with van der Waals surface area (Å²) in [7, 11) is 0. The number of urea groups is 1. The fourth-order valence-corrected chi connectivity index (χ4v) is 5.52. The van der Waals surface area contributed by atoms with Crippen LogP contribution in [0.25, 0.3) is 11.1 Å². The van der Waals surface area contributed by atoms with Crippen molar-refractivity contribution in [3.05, 3.63) is 82.4 Å². The van der Waals surface area contributed by atoms with Gasteiger partial charge in [0.05, 0.1) is 17.9 Å². The van der Waals surface area contributed by atoms with Crippen molar-refractivity contribution in [2.75, 3.05) is 17.2 Å². The van der Waals surface area contributed by atoms with Crippen molar-refractivity contribution in [1.29, 1.82) is 0 Å². The first kappa shape index (κ1) is 28.8. The Morgan fingerprint density at radius 1 is 0.850 bits per heavy atom. The van der Waals surface area contributed by atoms with Crippen molar-refractivity contribution in [2.24, 2.45) is 0 Å². The Bertz CT molecular complexity index is 1370. The lowest BCUT2D eigenvalue weighted by Gasteiger charge is -2.33. The predicted octanol–water partition coefficient (Wildman–Crippen LogP) is 6.27. The van der Waals surface area contributed by atoms with Crippen molar-refractivity contribution < 1.29 is 24.6 Å². The minimum absolute atomic E-state index is 0.0703. The molecule has 0 atom stereocenters. The summed E-state index contributed by atoms with van der Waals surface area (Å²) in [4.78, 5) is 40.3. The number of carbonyl (C=O) groups excluding carboxylic acids is 2. The second-order valence-corrected chi connectivity index (χ2v) is 10.6. The van der Waals surface area contributed by atoms with Crippen LogP contribution < -0.4 is 10.6 Å². The van der Waals surface area contributed by atoms with Crippen molar-refractivity contribution in [2.45, 2.75) is 65.5 Å². The molecule has 3 amide bonds. The van der Waals surface area contributed by atoms with Crippen LogP contribution in [0.3, 0.4) is 0 Å². The van der Waals surface area contributed by atoms with Gasteiger partial charge in [0.1, 0.15) is 6.54 Å². The molecule has 3 aromatic rings. The molecule has 210 valence electrons. The number of carboxylic acids is 1. The summed E-state index contributed by atoms with van der Waals surface area (Å²) in [6, 6.07) is 15.8. The van der Waals surface area contributed by atoms with Crippen LogP contribution in [0, 0.1) is 20.8 Å². The molecule has 1 saturated carbocycles. The van der Waals surface area contributed by atoms with Crippen LogP contribution >= 0.6 is 0 Å². The maximum absolute atomic E-state index is 13.9. The molecule has 40 heavy (non-hydrogen) atoms. The number of aliphatic hydroxyl groups is 1. The highest BCUT2D eigenvalue weighted by Crippen LogP contribution is 2.30. The minimum atomic E-state index is -1.07. The molecule has 0 spiro atoms. The number of anilines is 2. The van der Waals surface area contributed by atoms with E-state index < -0.39 is 24.5 Å². The van der Waals surface area contributed by atoms with Crippen LogP contribution in [-0.2, 0) is 11.4 Å². The van der Waals surface area contributed by atoms with Gasteiger partial charge >= 0.3 is 12.0 Å². The molecule has 0 radical (unpaired) electrons. The lowest BCUT2D eigenvalue weighted by Crippen LogP contribution is -2.44. The highest BCUT2D eigenvalue weighted by Gasteiger charge is 2.30. The Labute approximate surface area is 235 Å². The molecule has 1 aliphatic carbocycles. The van der Waals surface area contributed by atoms with Gasteiger partial charge in [-0.15, -0.1) is 0 Å². The molecular formula is C32H37N3O5. The number of carboxylic acid groups (broad SMARTS) is 1. The highest BCUT2D eigenvalue weighted by molar-refractivity contribution is 6.08. The number of aliphatic carboxylic acids is 1. The first-order valence-electron chi connectivity index (χ1n) is 13.7. The zero-order valence-corrected chi connectivity index (χ0v) is 23.3. The van der Waals surface area contributed by atoms with Gasteiger partial charge in [0, 0.05) is 11.7 Å². The van der Waals surface area contributed by atoms with E-state index in [0.29, 0.717) is 11.4 Å². The van der Waals surface area contributed by atoms with E-state index in [1.54, 1.807) is 18.2 Å². The van der Waals surface area contributed by atoms with E-state index in [1.807, 2.05) is 57.2 Å². The molecule has 4 N–H and O–H groups in total. The number of aliphatic hydroxyl groups excluding tert-OH is 1. The largest absolute Gasteiger partial charge is 0.480 e. The topological polar surface area (TPSA) is 119 Å². The summed E-state index contributed by atoms with van der Waals surface area (Å²) in [6.45, 7) is 5.38. The van der Waals surface area contributed by atoms with Gasteiger partial charge in [-0.3, -0.25) is 9.59 Å². The Morgan fingerprint density at radius 3 is 2.08 bits per heavy atom. The first-order valence-corrected chi connectivity index (χ1v) is 13.7. The number of benzene rings is 3. The molecule has 1 aliphatic rings. The van der Waals surface area contributed by atoms with E-state index >= 15 is 0 Å². The van der Waals surface area contributed by atoms with Gasteiger partial charge in [0.2, 0.25) is 0 Å². The number of amides is 3. The van der Waals surface area contributed by atoms with Gasteiger partial charge in [-0.25, -0.2) is 4.79 Å². The minimum Gasteiger partial charge on any atom is -0.480 e. The van der Waals surface area contributed by atoms with Gasteiger partial charge in [-0.05, 0) is 73.6 Å². The second-order valence-electron chi connectivity index (χ2n) is 10.6. The Morgan fingerprint density at radius 2 is 1.48 bits per heavy atom. The number of rotatable bonds is 8. The van der Waals surface area contributed by atoms with Crippen LogP contribution in [-0.4, -0.2) is 45.6 Å². The molecule has 0 bridgehead atoms. The second kappa shape index (κ2) is 12.8. The summed E-state index contributed by atoms with van der Waals surface area (Å²) in [6.07, 6.45) is 4.46. The lowest BCUT2D eigenvalue weighted by molar-refractivity contribution is -0.138. The number of hydrogen-bond donors (Lipinski definition) is 4. The quantitative estimate of drug-likeness (QED) is 0.267. The smallest absolute Gasteiger partial charge is 0.323 e. The molecule has 0 aromatic heterocycles. The molecule has 0 unspecified atom stereocenters. The van der Waals surface area contributed by atoms with Gasteiger partial charge in [0.25, 0.3) is 5.91 Å². The first-order chi connectivity index (χ1) is 19.2. The Hall–Kier alpha value is -4.17. The maximum Gasteiger partial charge on any atom is 0.323 e. The fraction of sp³-hybridized carbons (Fsp3) is 0.344. The zero-order chi connectivity index (χ0) is 28.8. The van der Waals surface area contributed by atoms with Gasteiger partial charge in [0.15, 0.2) is 0 Å². The van der Waals surface area contributed by atoms with Gasteiger partial charge in [-0.2, -0.15) is 0 Å². The Balaban J connectivity index is 1.71. The standard InChI is InChI=1S/C32H37N3O5/c1-20-15-21(2)30(22(3)16-20)34-32(40)33-28-17-25(24-11-9-23(19-36)10-12-24)13-14-27(28)31(39)35(18-29(37)38)26-7-5-4-6-8-26/h9-17,26,36H,4-8,18-19H2,1-3H3,(H,37,38)(H2,33,34,40). The summed E-state index contributed by atoms with van der Waals surface area (Å²) in [5.74, 6) is -1.49. The number of hydrogen-bond acceptors (Lipinski definition) is 4. The monoisotopic (exact) mass is 543 g/mol. The van der Waals surface area contributed by atoms with E-state index in [-0.39, 0.29) is 18.2 Å². The summed E-state index contributed by atoms with van der Waals surface area (Å²) < 4.78 is 0. The number of nitrogens with zero attached hydrogens (tertiary/aromatic N) is 1. The maximum atomic E-state index is 13.9. The third kappa shape index (κ3) is 6.87. The van der Waals surface area contributed by atoms with Crippen LogP contribution in [0.1, 0.15) is 64.7 Å². The summed E-state index contributed by atoms with van der Waals surface area (Å²) in [5.41, 5.74) is 6.54. The third-order valence-corrected chi connectivity index (χ3v) is 7.47. The van der Waals surface area contributed by atoms with Crippen molar-refractivity contribution in [3.63, 3.8) is 0 Å². The van der Waals surface area contributed by atoms with E-state index in [1.165, 1.54) is 4.90 Å². The van der Waals surface area contributed by atoms with Crippen molar-refractivity contribution >= 4 is 29.3 Å². The number of carbonyl (C=O) groups is 3. The lowest BCUT2D eigenvalue weighted by atomic mass is 9.93. The summed E-state index contributed by atoms with van der Waals surface area (Å²) in [5, 5.41) is 24.8.